The minimum absolute atomic E-state index is 0.0431. The summed E-state index contributed by atoms with van der Waals surface area (Å²) >= 11 is 3.22. The third-order valence-corrected chi connectivity index (χ3v) is 4.53. The number of hydrogen-bond donors (Lipinski definition) is 1. The second kappa shape index (κ2) is 5.56. The van der Waals surface area contributed by atoms with Crippen LogP contribution in [-0.2, 0) is 0 Å². The van der Waals surface area contributed by atoms with Crippen molar-refractivity contribution in [3.8, 4) is 0 Å². The zero-order chi connectivity index (χ0) is 11.4. The first kappa shape index (κ1) is 12.6. The van der Waals surface area contributed by atoms with Crippen LogP contribution in [0.4, 0.5) is 0 Å². The molecule has 0 aliphatic heterocycles. The quantitative estimate of drug-likeness (QED) is 0.823. The van der Waals surface area contributed by atoms with Crippen LogP contribution in [0.25, 0.3) is 0 Å². The molecule has 1 aromatic rings. The Morgan fingerprint density at radius 3 is 2.53 bits per heavy atom. The summed E-state index contributed by atoms with van der Waals surface area (Å²) in [6.07, 6.45) is 2.02. The number of rotatable bonds is 4. The normalized spacial score (nSPS) is 12.9. The minimum atomic E-state index is 0.0431. The fourth-order valence-electron chi connectivity index (χ4n) is 0.996. The summed E-state index contributed by atoms with van der Waals surface area (Å²) in [4.78, 5) is 12.6. The van der Waals surface area contributed by atoms with Crippen LogP contribution in [0.5, 0.6) is 0 Å². The van der Waals surface area contributed by atoms with Crippen molar-refractivity contribution in [1.29, 1.82) is 0 Å². The van der Waals surface area contributed by atoms with Crippen LogP contribution in [0, 0.1) is 5.92 Å². The van der Waals surface area contributed by atoms with Gasteiger partial charge in [-0.1, -0.05) is 13.8 Å². The lowest BCUT2D eigenvalue weighted by molar-refractivity contribution is 0.0934. The summed E-state index contributed by atoms with van der Waals surface area (Å²) in [6.45, 7) is 6.24. The van der Waals surface area contributed by atoms with Crippen LogP contribution in [0.3, 0.4) is 0 Å². The Morgan fingerprint density at radius 1 is 1.40 bits per heavy atom. The van der Waals surface area contributed by atoms with Crippen molar-refractivity contribution in [2.75, 3.05) is 6.26 Å². The molecule has 0 radical (unpaired) electrons. The monoisotopic (exact) mass is 243 g/mol. The molecule has 15 heavy (non-hydrogen) atoms. The molecular weight excluding hydrogens is 226 g/mol. The second-order valence-corrected chi connectivity index (χ2v) is 6.02. The summed E-state index contributed by atoms with van der Waals surface area (Å²) in [5.74, 6) is 0.510. The predicted octanol–water partition coefficient (Wildman–Crippen LogP) is 3.24. The van der Waals surface area contributed by atoms with Crippen molar-refractivity contribution in [2.24, 2.45) is 5.92 Å². The topological polar surface area (TPSA) is 29.1 Å². The van der Waals surface area contributed by atoms with Crippen LogP contribution in [0.2, 0.25) is 0 Å². The van der Waals surface area contributed by atoms with Crippen molar-refractivity contribution < 1.29 is 4.79 Å². The molecule has 1 rings (SSSR count). The molecule has 1 amide bonds. The molecule has 0 fully saturated rings. The Kier molecular flexibility index (Phi) is 4.67. The molecule has 0 bridgehead atoms. The van der Waals surface area contributed by atoms with E-state index in [0.717, 1.165) is 4.88 Å². The standard InChI is InChI=1S/C11H17NOS2/c1-7(2)8(3)12-11(13)9-5-6-10(14-4)15-9/h5-8H,1-4H3,(H,12,13). The van der Waals surface area contributed by atoms with Gasteiger partial charge in [0, 0.05) is 6.04 Å². The first-order chi connectivity index (χ1) is 7.04. The number of thioether (sulfide) groups is 1. The van der Waals surface area contributed by atoms with Gasteiger partial charge in [-0.25, -0.2) is 0 Å². The van der Waals surface area contributed by atoms with E-state index in [1.807, 2.05) is 25.3 Å². The maximum atomic E-state index is 11.8. The third-order valence-electron chi connectivity index (χ3n) is 2.37. The smallest absolute Gasteiger partial charge is 0.261 e. The number of amides is 1. The summed E-state index contributed by atoms with van der Waals surface area (Å²) < 4.78 is 1.18. The molecule has 1 atom stereocenters. The highest BCUT2D eigenvalue weighted by molar-refractivity contribution is 8.00. The number of carbonyl (C=O) groups is 1. The van der Waals surface area contributed by atoms with E-state index in [1.165, 1.54) is 4.21 Å². The summed E-state index contributed by atoms with van der Waals surface area (Å²) in [5.41, 5.74) is 0. The van der Waals surface area contributed by atoms with Crippen molar-refractivity contribution in [3.05, 3.63) is 17.0 Å². The highest BCUT2D eigenvalue weighted by Gasteiger charge is 2.13. The van der Waals surface area contributed by atoms with Gasteiger partial charge >= 0.3 is 0 Å². The molecule has 1 heterocycles. The Bertz CT molecular complexity index is 333. The average molecular weight is 243 g/mol. The molecule has 0 aliphatic carbocycles. The number of hydrogen-bond acceptors (Lipinski definition) is 3. The second-order valence-electron chi connectivity index (χ2n) is 3.83. The first-order valence-corrected chi connectivity index (χ1v) is 7.03. The van der Waals surface area contributed by atoms with Gasteiger partial charge in [0.15, 0.2) is 0 Å². The van der Waals surface area contributed by atoms with E-state index < -0.39 is 0 Å². The van der Waals surface area contributed by atoms with Gasteiger partial charge in [0.2, 0.25) is 0 Å². The van der Waals surface area contributed by atoms with Gasteiger partial charge in [0.1, 0.15) is 0 Å². The van der Waals surface area contributed by atoms with Crippen LogP contribution in [0.15, 0.2) is 16.3 Å². The maximum absolute atomic E-state index is 11.8. The van der Waals surface area contributed by atoms with Gasteiger partial charge in [-0.2, -0.15) is 0 Å². The highest BCUT2D eigenvalue weighted by atomic mass is 32.2. The average Bonchev–Trinajstić information content (AvgIpc) is 2.65. The molecule has 1 unspecified atom stereocenters. The molecule has 0 aliphatic rings. The van der Waals surface area contributed by atoms with Gasteiger partial charge in [0.05, 0.1) is 9.09 Å². The SMILES string of the molecule is CSc1ccc(C(=O)NC(C)C(C)C)s1. The molecule has 84 valence electrons. The molecule has 0 spiro atoms. The maximum Gasteiger partial charge on any atom is 0.261 e. The largest absolute Gasteiger partial charge is 0.349 e. The fraction of sp³-hybridized carbons (Fsp3) is 0.545. The van der Waals surface area contributed by atoms with E-state index >= 15 is 0 Å². The Balaban J connectivity index is 2.61. The van der Waals surface area contributed by atoms with E-state index in [-0.39, 0.29) is 11.9 Å². The molecular formula is C11H17NOS2. The van der Waals surface area contributed by atoms with Crippen molar-refractivity contribution in [2.45, 2.75) is 31.0 Å². The van der Waals surface area contributed by atoms with Gasteiger partial charge < -0.3 is 5.32 Å². The summed E-state index contributed by atoms with van der Waals surface area (Å²) in [5, 5.41) is 3.00. The number of nitrogens with one attached hydrogen (secondary N) is 1. The molecule has 0 saturated heterocycles. The van der Waals surface area contributed by atoms with Crippen LogP contribution >= 0.6 is 23.1 Å². The Labute approximate surface area is 99.5 Å². The van der Waals surface area contributed by atoms with Crippen molar-refractivity contribution in [1.82, 2.24) is 5.32 Å². The van der Waals surface area contributed by atoms with Crippen molar-refractivity contribution >= 4 is 29.0 Å². The lowest BCUT2D eigenvalue weighted by atomic mass is 10.1. The molecule has 0 aromatic carbocycles. The Hall–Kier alpha value is -0.480. The molecule has 0 saturated carbocycles. The van der Waals surface area contributed by atoms with E-state index in [4.69, 9.17) is 0 Å². The summed E-state index contributed by atoms with van der Waals surface area (Å²) in [7, 11) is 0. The first-order valence-electron chi connectivity index (χ1n) is 4.99. The highest BCUT2D eigenvalue weighted by Crippen LogP contribution is 2.25. The van der Waals surface area contributed by atoms with Crippen LogP contribution in [-0.4, -0.2) is 18.2 Å². The minimum Gasteiger partial charge on any atom is -0.349 e. The van der Waals surface area contributed by atoms with Gasteiger partial charge in [-0.05, 0) is 31.2 Å². The van der Waals surface area contributed by atoms with E-state index in [1.54, 1.807) is 23.1 Å². The molecule has 1 N–H and O–H groups in total. The number of carbonyl (C=O) groups excluding carboxylic acids is 1. The lowest BCUT2D eigenvalue weighted by Gasteiger charge is -2.16. The van der Waals surface area contributed by atoms with Gasteiger partial charge in [-0.15, -0.1) is 23.1 Å². The lowest BCUT2D eigenvalue weighted by Crippen LogP contribution is -2.35. The molecule has 2 nitrogen and oxygen atoms in total. The van der Waals surface area contributed by atoms with Crippen LogP contribution in [0.1, 0.15) is 30.4 Å². The van der Waals surface area contributed by atoms with Crippen molar-refractivity contribution in [3.63, 3.8) is 0 Å². The van der Waals surface area contributed by atoms with Crippen LogP contribution < -0.4 is 5.32 Å². The van der Waals surface area contributed by atoms with E-state index in [0.29, 0.717) is 5.92 Å². The van der Waals surface area contributed by atoms with E-state index in [2.05, 4.69) is 19.2 Å². The fourth-order valence-corrected chi connectivity index (χ4v) is 2.44. The Morgan fingerprint density at radius 2 is 2.07 bits per heavy atom. The zero-order valence-corrected chi connectivity index (χ0v) is 11.2. The molecule has 1 aromatic heterocycles. The molecule has 4 heteroatoms. The summed E-state index contributed by atoms with van der Waals surface area (Å²) in [6, 6.07) is 4.10. The number of thiophene rings is 1. The van der Waals surface area contributed by atoms with Gasteiger partial charge in [0.25, 0.3) is 5.91 Å². The van der Waals surface area contributed by atoms with E-state index in [9.17, 15) is 4.79 Å². The van der Waals surface area contributed by atoms with Gasteiger partial charge in [-0.3, -0.25) is 4.79 Å². The third kappa shape index (κ3) is 3.54. The zero-order valence-electron chi connectivity index (χ0n) is 9.53. The predicted molar refractivity (Wildman–Crippen MR) is 67.9 cm³/mol.